The summed E-state index contributed by atoms with van der Waals surface area (Å²) in [5.41, 5.74) is 0. The van der Waals surface area contributed by atoms with Gasteiger partial charge in [-0.25, -0.2) is 0 Å². The SMILES string of the molecule is COC(=O)CC(=O)OC.c1ccc([I-]c2ccccc2)cc1. The monoisotopic (exact) mass is 413 g/mol. The standard InChI is InChI=1S/C12H10I.C5H8O4/c1-3-7-11(8-4-1)13-12-9-5-2-6-10-12;1-8-4(6)3-5(7)9-2/h1-10H;3H2,1-2H3/q-1;. The van der Waals surface area contributed by atoms with E-state index in [0.717, 1.165) is 0 Å². The van der Waals surface area contributed by atoms with Gasteiger partial charge in [0.1, 0.15) is 6.42 Å². The van der Waals surface area contributed by atoms with E-state index in [4.69, 9.17) is 0 Å². The van der Waals surface area contributed by atoms with E-state index in [1.165, 1.54) is 21.4 Å². The average molecular weight is 413 g/mol. The van der Waals surface area contributed by atoms with E-state index in [1.54, 1.807) is 0 Å². The van der Waals surface area contributed by atoms with Crippen LogP contribution in [0.2, 0.25) is 0 Å². The summed E-state index contributed by atoms with van der Waals surface area (Å²) < 4.78 is 11.3. The first-order valence-electron chi connectivity index (χ1n) is 6.54. The fourth-order valence-corrected chi connectivity index (χ4v) is 3.61. The van der Waals surface area contributed by atoms with Gasteiger partial charge in [-0.15, -0.1) is 0 Å². The Morgan fingerprint density at radius 2 is 1.14 bits per heavy atom. The van der Waals surface area contributed by atoms with Gasteiger partial charge in [0, 0.05) is 0 Å². The van der Waals surface area contributed by atoms with Crippen LogP contribution in [0.3, 0.4) is 0 Å². The minimum absolute atomic E-state index is 0.0287. The van der Waals surface area contributed by atoms with Crippen LogP contribution in [0.15, 0.2) is 60.7 Å². The molecule has 0 spiro atoms. The molecule has 0 fully saturated rings. The maximum atomic E-state index is 10.3. The van der Waals surface area contributed by atoms with Crippen LogP contribution in [0.1, 0.15) is 6.42 Å². The average Bonchev–Trinajstić information content (AvgIpc) is 2.57. The van der Waals surface area contributed by atoms with Gasteiger partial charge in [0.15, 0.2) is 0 Å². The Morgan fingerprint density at radius 1 is 0.773 bits per heavy atom. The Morgan fingerprint density at radius 3 is 1.45 bits per heavy atom. The van der Waals surface area contributed by atoms with Crippen molar-refractivity contribution in [3.05, 3.63) is 67.8 Å². The van der Waals surface area contributed by atoms with Gasteiger partial charge in [0.05, 0.1) is 14.2 Å². The van der Waals surface area contributed by atoms with E-state index in [1.807, 2.05) is 0 Å². The zero-order valence-corrected chi connectivity index (χ0v) is 14.6. The van der Waals surface area contributed by atoms with Gasteiger partial charge in [-0.3, -0.25) is 9.59 Å². The Bertz CT molecular complexity index is 518. The molecule has 0 unspecified atom stereocenters. The van der Waals surface area contributed by atoms with Crippen LogP contribution in [-0.2, 0) is 19.1 Å². The third kappa shape index (κ3) is 7.78. The summed E-state index contributed by atoms with van der Waals surface area (Å²) in [5, 5.41) is 0. The van der Waals surface area contributed by atoms with E-state index < -0.39 is 11.9 Å². The normalized spacial score (nSPS) is 9.36. The molecule has 22 heavy (non-hydrogen) atoms. The molecule has 0 aliphatic carbocycles. The second kappa shape index (κ2) is 10.8. The van der Waals surface area contributed by atoms with Gasteiger partial charge in [-0.2, -0.15) is 0 Å². The molecule has 5 heteroatoms. The molecule has 0 N–H and O–H groups in total. The number of esters is 2. The van der Waals surface area contributed by atoms with Crippen molar-refractivity contribution in [2.24, 2.45) is 0 Å². The van der Waals surface area contributed by atoms with E-state index >= 15 is 0 Å². The number of hydrogen-bond donors (Lipinski definition) is 0. The van der Waals surface area contributed by atoms with Crippen molar-refractivity contribution in [2.75, 3.05) is 14.2 Å². The predicted octanol–water partition coefficient (Wildman–Crippen LogP) is -0.462. The molecule has 0 aliphatic heterocycles. The summed E-state index contributed by atoms with van der Waals surface area (Å²) in [4.78, 5) is 20.5. The van der Waals surface area contributed by atoms with Crippen LogP contribution >= 0.6 is 0 Å². The van der Waals surface area contributed by atoms with Gasteiger partial charge in [-0.05, 0) is 0 Å². The molecule has 0 amide bonds. The van der Waals surface area contributed by atoms with Gasteiger partial charge in [-0.1, -0.05) is 0 Å². The molecule has 2 aromatic rings. The van der Waals surface area contributed by atoms with E-state index in [-0.39, 0.29) is 27.6 Å². The van der Waals surface area contributed by atoms with Crippen LogP contribution < -0.4 is 21.2 Å². The Balaban J connectivity index is 0.000000239. The first-order chi connectivity index (χ1) is 10.7. The Hall–Kier alpha value is -1.89. The molecular weight excluding hydrogens is 395 g/mol. The molecular formula is C17H18IO4-. The van der Waals surface area contributed by atoms with Crippen LogP contribution in [0, 0.1) is 7.14 Å². The van der Waals surface area contributed by atoms with Crippen molar-refractivity contribution >= 4 is 11.9 Å². The number of carbonyl (C=O) groups excluding carboxylic acids is 2. The van der Waals surface area contributed by atoms with E-state index in [2.05, 4.69) is 70.1 Å². The summed E-state index contributed by atoms with van der Waals surface area (Å²) in [7, 11) is 2.43. The van der Waals surface area contributed by atoms with Crippen molar-refractivity contribution in [2.45, 2.75) is 6.42 Å². The summed E-state index contributed by atoms with van der Waals surface area (Å²) in [6.07, 6.45) is -0.312. The number of benzene rings is 2. The molecule has 2 aromatic carbocycles. The Kier molecular flexibility index (Phi) is 8.90. The van der Waals surface area contributed by atoms with Crippen molar-refractivity contribution in [3.8, 4) is 0 Å². The third-order valence-electron chi connectivity index (χ3n) is 2.43. The summed E-state index contributed by atoms with van der Waals surface area (Å²) in [6.45, 7) is 0. The molecule has 118 valence electrons. The fourth-order valence-electron chi connectivity index (χ4n) is 1.34. The van der Waals surface area contributed by atoms with Crippen molar-refractivity contribution < 1.29 is 40.3 Å². The van der Waals surface area contributed by atoms with Gasteiger partial charge in [0.2, 0.25) is 0 Å². The zero-order valence-electron chi connectivity index (χ0n) is 12.5. The predicted molar refractivity (Wildman–Crippen MR) is 78.9 cm³/mol. The number of carbonyl (C=O) groups is 2. The number of methoxy groups -OCH3 is 2. The molecule has 0 atom stereocenters. The molecule has 2 rings (SSSR count). The third-order valence-corrected chi connectivity index (χ3v) is 5.11. The van der Waals surface area contributed by atoms with Gasteiger partial charge in [0.25, 0.3) is 0 Å². The topological polar surface area (TPSA) is 52.6 Å². The van der Waals surface area contributed by atoms with Crippen molar-refractivity contribution in [1.82, 2.24) is 0 Å². The summed E-state index contributed by atoms with van der Waals surface area (Å²) in [5.74, 6) is -1.16. The molecule has 0 radical (unpaired) electrons. The molecule has 0 heterocycles. The quantitative estimate of drug-likeness (QED) is 0.387. The van der Waals surface area contributed by atoms with Crippen LogP contribution in [0.4, 0.5) is 0 Å². The first-order valence-corrected chi connectivity index (χ1v) is 8.70. The number of hydrogen-bond acceptors (Lipinski definition) is 4. The van der Waals surface area contributed by atoms with E-state index in [0.29, 0.717) is 0 Å². The number of halogens is 1. The number of ether oxygens (including phenoxy) is 2. The molecule has 0 saturated heterocycles. The fraction of sp³-hybridized carbons (Fsp3) is 0.176. The van der Waals surface area contributed by atoms with E-state index in [9.17, 15) is 9.59 Å². The molecule has 0 bridgehead atoms. The second-order valence-corrected chi connectivity index (χ2v) is 7.05. The van der Waals surface area contributed by atoms with Gasteiger partial charge < -0.3 is 9.47 Å². The molecule has 0 saturated carbocycles. The van der Waals surface area contributed by atoms with Crippen molar-refractivity contribution in [3.63, 3.8) is 0 Å². The zero-order chi connectivity index (χ0) is 16.2. The van der Waals surface area contributed by atoms with Crippen LogP contribution in [0.25, 0.3) is 0 Å². The summed E-state index contributed by atoms with van der Waals surface area (Å²) in [6, 6.07) is 21.4. The Labute approximate surface area is 140 Å². The van der Waals surface area contributed by atoms with Crippen molar-refractivity contribution in [1.29, 1.82) is 0 Å². The van der Waals surface area contributed by atoms with Crippen LogP contribution in [0.5, 0.6) is 0 Å². The first kappa shape index (κ1) is 18.2. The molecule has 0 aromatic heterocycles. The summed E-state index contributed by atoms with van der Waals surface area (Å²) >= 11 is 0.0287. The molecule has 0 aliphatic rings. The second-order valence-electron chi connectivity index (χ2n) is 4.01. The maximum absolute atomic E-state index is 10.3. The number of rotatable bonds is 4. The minimum atomic E-state index is -0.582. The van der Waals surface area contributed by atoms with Gasteiger partial charge >= 0.3 is 101 Å². The molecule has 4 nitrogen and oxygen atoms in total. The van der Waals surface area contributed by atoms with Crippen LogP contribution in [-0.4, -0.2) is 26.2 Å².